The van der Waals surface area contributed by atoms with Crippen LogP contribution >= 0.6 is 11.6 Å². The van der Waals surface area contributed by atoms with Crippen LogP contribution in [0.1, 0.15) is 50.4 Å². The van der Waals surface area contributed by atoms with Crippen LogP contribution < -0.4 is 0 Å². The number of hydrogen-bond acceptors (Lipinski definition) is 3. The predicted octanol–water partition coefficient (Wildman–Crippen LogP) is 3.03. The second kappa shape index (κ2) is 6.67. The van der Waals surface area contributed by atoms with E-state index in [0.29, 0.717) is 11.4 Å². The van der Waals surface area contributed by atoms with E-state index in [-0.39, 0.29) is 5.54 Å². The van der Waals surface area contributed by atoms with Gasteiger partial charge in [-0.2, -0.15) is 5.10 Å². The third-order valence-corrected chi connectivity index (χ3v) is 5.56. The Hall–Kier alpha value is -0.580. The lowest BCUT2D eigenvalue weighted by Crippen LogP contribution is -2.55. The van der Waals surface area contributed by atoms with Gasteiger partial charge in [0.1, 0.15) is 0 Å². The van der Waals surface area contributed by atoms with Gasteiger partial charge in [-0.25, -0.2) is 0 Å². The van der Waals surface area contributed by atoms with Gasteiger partial charge in [-0.3, -0.25) is 4.68 Å². The lowest BCUT2D eigenvalue weighted by atomic mass is 9.75. The standard InChI is InChI=1S/C16H28ClN3O/c1-5-20-13(15(17)12(2)18-20)11-14(21)16(19(3)4)9-7-6-8-10-16/h14,21H,5-11H2,1-4H3. The highest BCUT2D eigenvalue weighted by molar-refractivity contribution is 6.31. The summed E-state index contributed by atoms with van der Waals surface area (Å²) in [5.74, 6) is 0. The third kappa shape index (κ3) is 3.13. The number of rotatable bonds is 5. The van der Waals surface area contributed by atoms with Crippen molar-refractivity contribution in [1.82, 2.24) is 14.7 Å². The Bertz CT molecular complexity index is 478. The molecule has 120 valence electrons. The quantitative estimate of drug-likeness (QED) is 0.908. The van der Waals surface area contributed by atoms with Crippen molar-refractivity contribution >= 4 is 11.6 Å². The van der Waals surface area contributed by atoms with Gasteiger partial charge in [0.15, 0.2) is 0 Å². The molecule has 1 saturated carbocycles. The molecule has 1 aromatic heterocycles. The number of halogens is 1. The van der Waals surface area contributed by atoms with Crippen LogP contribution in [-0.2, 0) is 13.0 Å². The Balaban J connectivity index is 2.25. The highest BCUT2D eigenvalue weighted by Crippen LogP contribution is 2.37. The molecule has 4 nitrogen and oxygen atoms in total. The van der Waals surface area contributed by atoms with Crippen LogP contribution in [0.5, 0.6) is 0 Å². The number of likely N-dealkylation sites (N-methyl/N-ethyl adjacent to an activating group) is 1. The largest absolute Gasteiger partial charge is 0.391 e. The summed E-state index contributed by atoms with van der Waals surface area (Å²) in [6.45, 7) is 4.76. The van der Waals surface area contributed by atoms with E-state index < -0.39 is 6.10 Å². The van der Waals surface area contributed by atoms with Crippen molar-refractivity contribution in [3.8, 4) is 0 Å². The zero-order chi connectivity index (χ0) is 15.6. The molecule has 21 heavy (non-hydrogen) atoms. The molecule has 1 aliphatic carbocycles. The molecular weight excluding hydrogens is 286 g/mol. The van der Waals surface area contributed by atoms with Gasteiger partial charge >= 0.3 is 0 Å². The molecule has 1 heterocycles. The Morgan fingerprint density at radius 2 is 1.95 bits per heavy atom. The summed E-state index contributed by atoms with van der Waals surface area (Å²) in [7, 11) is 4.16. The lowest BCUT2D eigenvalue weighted by Gasteiger charge is -2.46. The molecule has 0 bridgehead atoms. The lowest BCUT2D eigenvalue weighted by molar-refractivity contribution is -0.0318. The molecule has 0 amide bonds. The number of nitrogens with zero attached hydrogens (tertiary/aromatic N) is 3. The van der Waals surface area contributed by atoms with E-state index in [1.807, 2.05) is 11.6 Å². The molecule has 0 saturated heterocycles. The van der Waals surface area contributed by atoms with Gasteiger partial charge in [-0.05, 0) is 40.8 Å². The van der Waals surface area contributed by atoms with Gasteiger partial charge in [0, 0.05) is 18.5 Å². The molecule has 1 aromatic rings. The maximum absolute atomic E-state index is 11.0. The zero-order valence-corrected chi connectivity index (χ0v) is 14.4. The van der Waals surface area contributed by atoms with E-state index in [4.69, 9.17) is 11.6 Å². The fourth-order valence-corrected chi connectivity index (χ4v) is 3.89. The van der Waals surface area contributed by atoms with Crippen molar-refractivity contribution in [1.29, 1.82) is 0 Å². The first-order valence-corrected chi connectivity index (χ1v) is 8.37. The number of hydrogen-bond donors (Lipinski definition) is 1. The molecule has 0 aromatic carbocycles. The van der Waals surface area contributed by atoms with E-state index in [0.717, 1.165) is 30.8 Å². The van der Waals surface area contributed by atoms with Crippen molar-refractivity contribution in [2.24, 2.45) is 0 Å². The van der Waals surface area contributed by atoms with Crippen LogP contribution in [-0.4, -0.2) is 45.5 Å². The first-order chi connectivity index (χ1) is 9.92. The van der Waals surface area contributed by atoms with Crippen molar-refractivity contribution in [2.75, 3.05) is 14.1 Å². The summed E-state index contributed by atoms with van der Waals surface area (Å²) in [6.07, 6.45) is 5.92. The van der Waals surface area contributed by atoms with Gasteiger partial charge in [0.2, 0.25) is 0 Å². The minimum absolute atomic E-state index is 0.127. The summed E-state index contributed by atoms with van der Waals surface area (Å²) >= 11 is 6.39. The minimum atomic E-state index is -0.410. The molecule has 1 atom stereocenters. The maximum atomic E-state index is 11.0. The topological polar surface area (TPSA) is 41.3 Å². The number of aryl methyl sites for hydroxylation is 2. The molecule has 1 fully saturated rings. The maximum Gasteiger partial charge on any atom is 0.0848 e. The zero-order valence-electron chi connectivity index (χ0n) is 13.7. The monoisotopic (exact) mass is 313 g/mol. The van der Waals surface area contributed by atoms with Crippen molar-refractivity contribution in [2.45, 2.75) is 70.6 Å². The first kappa shape index (κ1) is 16.8. The summed E-state index contributed by atoms with van der Waals surface area (Å²) in [4.78, 5) is 2.21. The second-order valence-electron chi connectivity index (χ2n) is 6.44. The van der Waals surface area contributed by atoms with Gasteiger partial charge in [0.05, 0.1) is 22.5 Å². The van der Waals surface area contributed by atoms with E-state index in [9.17, 15) is 5.11 Å². The van der Waals surface area contributed by atoms with Crippen LogP contribution in [0.4, 0.5) is 0 Å². The van der Waals surface area contributed by atoms with Crippen LogP contribution in [0.15, 0.2) is 0 Å². The van der Waals surface area contributed by atoms with E-state index in [1.165, 1.54) is 19.3 Å². The molecule has 5 heteroatoms. The van der Waals surface area contributed by atoms with Crippen molar-refractivity contribution < 1.29 is 5.11 Å². The molecule has 1 unspecified atom stereocenters. The average Bonchev–Trinajstić information content (AvgIpc) is 2.75. The number of aliphatic hydroxyl groups excluding tert-OH is 1. The van der Waals surface area contributed by atoms with Gasteiger partial charge in [0.25, 0.3) is 0 Å². The highest BCUT2D eigenvalue weighted by atomic mass is 35.5. The van der Waals surface area contributed by atoms with Crippen LogP contribution in [0.2, 0.25) is 5.02 Å². The predicted molar refractivity (Wildman–Crippen MR) is 86.9 cm³/mol. The Kier molecular flexibility index (Phi) is 5.33. The SMILES string of the molecule is CCn1nc(C)c(Cl)c1CC(O)C1(N(C)C)CCCCC1. The van der Waals surface area contributed by atoms with Gasteiger partial charge < -0.3 is 10.0 Å². The van der Waals surface area contributed by atoms with Gasteiger partial charge in [-0.1, -0.05) is 30.9 Å². The molecular formula is C16H28ClN3O. The summed E-state index contributed by atoms with van der Waals surface area (Å²) in [5, 5.41) is 16.1. The molecule has 0 aliphatic heterocycles. The molecule has 1 aliphatic rings. The third-order valence-electron chi connectivity index (χ3n) is 5.07. The molecule has 1 N–H and O–H groups in total. The van der Waals surface area contributed by atoms with Crippen LogP contribution in [0.25, 0.3) is 0 Å². The van der Waals surface area contributed by atoms with Crippen molar-refractivity contribution in [3.05, 3.63) is 16.4 Å². The number of aliphatic hydroxyl groups is 1. The van der Waals surface area contributed by atoms with Crippen LogP contribution in [0.3, 0.4) is 0 Å². The van der Waals surface area contributed by atoms with Gasteiger partial charge in [-0.15, -0.1) is 0 Å². The van der Waals surface area contributed by atoms with Crippen molar-refractivity contribution in [3.63, 3.8) is 0 Å². The molecule has 0 radical (unpaired) electrons. The van der Waals surface area contributed by atoms with E-state index in [2.05, 4.69) is 31.0 Å². The highest BCUT2D eigenvalue weighted by Gasteiger charge is 2.41. The smallest absolute Gasteiger partial charge is 0.0848 e. The molecule has 0 spiro atoms. The minimum Gasteiger partial charge on any atom is -0.391 e. The summed E-state index contributed by atoms with van der Waals surface area (Å²) < 4.78 is 1.92. The Morgan fingerprint density at radius 1 is 1.33 bits per heavy atom. The summed E-state index contributed by atoms with van der Waals surface area (Å²) in [6, 6.07) is 0. The fourth-order valence-electron chi connectivity index (χ4n) is 3.68. The number of aromatic nitrogens is 2. The van der Waals surface area contributed by atoms with Crippen LogP contribution in [0, 0.1) is 6.92 Å². The van der Waals surface area contributed by atoms with E-state index >= 15 is 0 Å². The fraction of sp³-hybridized carbons (Fsp3) is 0.812. The average molecular weight is 314 g/mol. The van der Waals surface area contributed by atoms with E-state index in [1.54, 1.807) is 0 Å². The Morgan fingerprint density at radius 3 is 2.48 bits per heavy atom. The molecule has 2 rings (SSSR count). The first-order valence-electron chi connectivity index (χ1n) is 7.99. The normalized spacial score (nSPS) is 20.0. The Labute approximate surface area is 133 Å². The summed E-state index contributed by atoms with van der Waals surface area (Å²) in [5.41, 5.74) is 1.69. The second-order valence-corrected chi connectivity index (χ2v) is 6.82.